The first kappa shape index (κ1) is 55.2. The fourth-order valence-electron chi connectivity index (χ4n) is 7.75. The molecule has 0 aromatic heterocycles. The van der Waals surface area contributed by atoms with Gasteiger partial charge in [0.15, 0.2) is 23.3 Å². The van der Waals surface area contributed by atoms with E-state index in [4.69, 9.17) is 24.1 Å². The van der Waals surface area contributed by atoms with Crippen LogP contribution in [0, 0.1) is 34.9 Å². The van der Waals surface area contributed by atoms with Crippen LogP contribution in [0.1, 0.15) is 60.7 Å². The molecule has 2 amide bonds. The predicted octanol–water partition coefficient (Wildman–Crippen LogP) is 15.1. The molecule has 9 nitrogen and oxygen atoms in total. The number of anilines is 2. The highest BCUT2D eigenvalue weighted by molar-refractivity contribution is 6.06. The Kier molecular flexibility index (Phi) is 19.3. The molecule has 0 fully saturated rings. The van der Waals surface area contributed by atoms with Crippen molar-refractivity contribution in [1.29, 1.82) is 0 Å². The van der Waals surface area contributed by atoms with E-state index in [1.807, 2.05) is 20.8 Å². The molecule has 0 aliphatic heterocycles. The Morgan fingerprint density at radius 2 is 0.711 bits per heavy atom. The molecule has 15 heteroatoms. The molecule has 0 radical (unpaired) electrons. The molecule has 3 N–H and O–H groups in total. The second kappa shape index (κ2) is 26.6. The summed E-state index contributed by atoms with van der Waals surface area (Å²) < 4.78 is 105. The van der Waals surface area contributed by atoms with Crippen molar-refractivity contribution in [3.8, 4) is 67.5 Å². The number of carbonyl (C=O) groups is 2. The highest BCUT2D eigenvalue weighted by atomic mass is 19.2. The molecule has 0 saturated heterocycles. The van der Waals surface area contributed by atoms with Crippen LogP contribution in [0.2, 0.25) is 0 Å². The van der Waals surface area contributed by atoms with Gasteiger partial charge in [-0.15, -0.1) is 0 Å². The van der Waals surface area contributed by atoms with Crippen LogP contribution in [0.25, 0.3) is 44.5 Å². The van der Waals surface area contributed by atoms with E-state index in [-0.39, 0.29) is 30.4 Å². The van der Waals surface area contributed by atoms with E-state index in [9.17, 15) is 35.9 Å². The monoisotopic (exact) mass is 1040 g/mol. The Balaban J connectivity index is 0.000000221. The van der Waals surface area contributed by atoms with Gasteiger partial charge in [0.25, 0.3) is 11.8 Å². The molecule has 0 aliphatic carbocycles. The van der Waals surface area contributed by atoms with Gasteiger partial charge in [0.2, 0.25) is 0 Å². The normalized spacial score (nSPS) is 10.8. The van der Waals surface area contributed by atoms with Gasteiger partial charge < -0.3 is 34.7 Å². The van der Waals surface area contributed by atoms with Crippen LogP contribution in [-0.4, -0.2) is 50.0 Å². The molecule has 8 rings (SSSR count). The number of carbonyl (C=O) groups excluding carboxylic acids is 2. The zero-order chi connectivity index (χ0) is 54.1. The van der Waals surface area contributed by atoms with Crippen molar-refractivity contribution in [2.75, 3.05) is 43.7 Å². The molecule has 0 unspecified atom stereocenters. The van der Waals surface area contributed by atoms with Crippen LogP contribution in [0.15, 0.2) is 158 Å². The highest BCUT2D eigenvalue weighted by Gasteiger charge is 2.19. The highest BCUT2D eigenvalue weighted by Crippen LogP contribution is 2.37. The van der Waals surface area contributed by atoms with Gasteiger partial charge in [0, 0.05) is 44.8 Å². The first-order valence-corrected chi connectivity index (χ1v) is 24.5. The zero-order valence-electron chi connectivity index (χ0n) is 41.8. The van der Waals surface area contributed by atoms with Gasteiger partial charge in [-0.25, -0.2) is 26.3 Å². The quantitative estimate of drug-likeness (QED) is 0.0651. The number of amides is 2. The second-order valence-corrected chi connectivity index (χ2v) is 17.1. The van der Waals surface area contributed by atoms with E-state index in [2.05, 4.69) is 10.6 Å². The fraction of sp³-hybridized carbons (Fsp3) is 0.180. The van der Waals surface area contributed by atoms with Crippen LogP contribution in [0.3, 0.4) is 0 Å². The summed E-state index contributed by atoms with van der Waals surface area (Å²) in [5, 5.41) is 14.9. The van der Waals surface area contributed by atoms with Crippen LogP contribution < -0.4 is 29.6 Å². The summed E-state index contributed by atoms with van der Waals surface area (Å²) in [5.74, 6) is -3.51. The first-order chi connectivity index (χ1) is 36.8. The summed E-state index contributed by atoms with van der Waals surface area (Å²) in [5.41, 5.74) is 5.94. The number of ether oxygens (including phenoxy) is 4. The number of rotatable bonds is 20. The molecule has 392 valence electrons. The smallest absolute Gasteiger partial charge is 0.255 e. The van der Waals surface area contributed by atoms with Gasteiger partial charge in [-0.3, -0.25) is 9.59 Å². The maximum absolute atomic E-state index is 14.0. The topological polar surface area (TPSA) is 115 Å². The summed E-state index contributed by atoms with van der Waals surface area (Å²) in [6.07, 6.45) is 2.32. The molecular weight excluding hydrogens is 987 g/mol. The van der Waals surface area contributed by atoms with E-state index in [1.165, 1.54) is 36.4 Å². The zero-order valence-corrected chi connectivity index (χ0v) is 41.8. The molecule has 0 spiro atoms. The summed E-state index contributed by atoms with van der Waals surface area (Å²) in [6.45, 7) is 7.15. The van der Waals surface area contributed by atoms with Crippen LogP contribution in [0.4, 0.5) is 37.7 Å². The summed E-state index contributed by atoms with van der Waals surface area (Å²) in [7, 11) is 0. The Labute approximate surface area is 436 Å². The molecule has 0 bridgehead atoms. The molecule has 0 heterocycles. The average molecular weight is 1040 g/mol. The molecule has 76 heavy (non-hydrogen) atoms. The Hall–Kier alpha value is -8.56. The van der Waals surface area contributed by atoms with Crippen molar-refractivity contribution in [2.45, 2.75) is 40.0 Å². The lowest BCUT2D eigenvalue weighted by Crippen LogP contribution is -2.12. The Bertz CT molecular complexity index is 3060. The molecule has 0 aliphatic rings. The van der Waals surface area contributed by atoms with Crippen LogP contribution >= 0.6 is 0 Å². The Morgan fingerprint density at radius 3 is 1.05 bits per heavy atom. The van der Waals surface area contributed by atoms with Crippen LogP contribution in [-0.2, 0) is 0 Å². The predicted molar refractivity (Wildman–Crippen MR) is 283 cm³/mol. The minimum absolute atomic E-state index is 0.0686. The minimum atomic E-state index is -1.00. The molecular formula is C61H54F6N2O7. The van der Waals surface area contributed by atoms with E-state index >= 15 is 0 Å². The maximum atomic E-state index is 14.0. The number of nitrogens with one attached hydrogen (secondary N) is 2. The van der Waals surface area contributed by atoms with E-state index in [0.29, 0.717) is 98.7 Å². The second-order valence-electron chi connectivity index (χ2n) is 17.1. The van der Waals surface area contributed by atoms with E-state index in [0.717, 1.165) is 49.1 Å². The molecule has 8 aromatic carbocycles. The summed E-state index contributed by atoms with van der Waals surface area (Å²) >= 11 is 0. The van der Waals surface area contributed by atoms with Crippen molar-refractivity contribution in [2.24, 2.45) is 0 Å². The summed E-state index contributed by atoms with van der Waals surface area (Å²) in [4.78, 5) is 26.4. The third kappa shape index (κ3) is 14.4. The third-order valence-corrected chi connectivity index (χ3v) is 11.5. The molecule has 0 saturated carbocycles. The van der Waals surface area contributed by atoms with Gasteiger partial charge in [0.05, 0.1) is 26.4 Å². The average Bonchev–Trinajstić information content (AvgIpc) is 3.43. The SMILES string of the molecule is CCCOc1ccc(C(=O)Nc2ccc(OCCO)c(-c3ccc(F)cc3)c2)cc1-c1ccc(F)c(F)c1.CCCOc1ccc(NC(=O)c2ccc(OCCC)c(-c3ccc(F)c(F)c3)c2)cc1-c1ccc(F)cc1. The lowest BCUT2D eigenvalue weighted by Gasteiger charge is -2.15. The fourth-order valence-corrected chi connectivity index (χ4v) is 7.75. The summed E-state index contributed by atoms with van der Waals surface area (Å²) in [6, 6.07) is 38.8. The number of aliphatic hydroxyl groups is 1. The van der Waals surface area contributed by atoms with Gasteiger partial charge in [-0.05, 0) is 163 Å². The number of hydrogen-bond acceptors (Lipinski definition) is 7. The lowest BCUT2D eigenvalue weighted by molar-refractivity contribution is 0.101. The minimum Gasteiger partial charge on any atom is -0.493 e. The van der Waals surface area contributed by atoms with Crippen molar-refractivity contribution < 1.29 is 60.0 Å². The van der Waals surface area contributed by atoms with Gasteiger partial charge in [-0.2, -0.15) is 0 Å². The molecule has 0 atom stereocenters. The van der Waals surface area contributed by atoms with Crippen LogP contribution in [0.5, 0.6) is 23.0 Å². The number of hydrogen-bond donors (Lipinski definition) is 3. The number of halogens is 6. The standard InChI is InChI=1S/C31H28F3NO3.C30H26F3NO4/c1-3-15-37-29-13-8-22(17-25(29)21-7-12-27(33)28(34)18-21)31(36)35-24-11-14-30(38-16-4-2)26(19-24)20-5-9-23(32)10-6-20;1-2-14-37-28-11-6-21(16-24(28)20-5-10-26(32)27(33)17-20)30(36)34-23-9-12-29(38-15-13-35)25(18-23)19-3-7-22(31)8-4-19/h5-14,17-19H,3-4,15-16H2,1-2H3,(H,35,36);3-12,16-18,35H,2,13-15H2,1H3,(H,34,36). The van der Waals surface area contributed by atoms with Crippen molar-refractivity contribution >= 4 is 23.2 Å². The third-order valence-electron chi connectivity index (χ3n) is 11.5. The Morgan fingerprint density at radius 1 is 0.382 bits per heavy atom. The van der Waals surface area contributed by atoms with Crippen molar-refractivity contribution in [1.82, 2.24) is 0 Å². The van der Waals surface area contributed by atoms with Gasteiger partial charge in [-0.1, -0.05) is 57.2 Å². The van der Waals surface area contributed by atoms with E-state index in [1.54, 1.807) is 97.1 Å². The van der Waals surface area contributed by atoms with Crippen molar-refractivity contribution in [3.05, 3.63) is 204 Å². The first-order valence-electron chi connectivity index (χ1n) is 24.5. The van der Waals surface area contributed by atoms with Crippen molar-refractivity contribution in [3.63, 3.8) is 0 Å². The number of aliphatic hydroxyl groups excluding tert-OH is 1. The molecule has 8 aromatic rings. The lowest BCUT2D eigenvalue weighted by atomic mass is 10.0. The number of benzene rings is 8. The van der Waals surface area contributed by atoms with E-state index < -0.39 is 35.1 Å². The van der Waals surface area contributed by atoms with Gasteiger partial charge >= 0.3 is 0 Å². The largest absolute Gasteiger partial charge is 0.493 e. The maximum Gasteiger partial charge on any atom is 0.255 e. The van der Waals surface area contributed by atoms with Gasteiger partial charge in [0.1, 0.15) is 41.2 Å².